The quantitative estimate of drug-likeness (QED) is 0.391. The molecule has 1 aliphatic heterocycles. The minimum Gasteiger partial charge on any atom is -0.388 e. The van der Waals surface area contributed by atoms with Gasteiger partial charge in [0.15, 0.2) is 12.5 Å². The van der Waals surface area contributed by atoms with Crippen molar-refractivity contribution >= 4 is 0 Å². The van der Waals surface area contributed by atoms with Gasteiger partial charge >= 0.3 is 0 Å². The summed E-state index contributed by atoms with van der Waals surface area (Å²) in [6.07, 6.45) is -6.30. The van der Waals surface area contributed by atoms with E-state index in [0.29, 0.717) is 0 Å². The highest BCUT2D eigenvalue weighted by Gasteiger charge is 2.37. The smallest absolute Gasteiger partial charge is 0.183 e. The molecule has 5 heteroatoms. The van der Waals surface area contributed by atoms with E-state index in [9.17, 15) is 4.39 Å². The molecule has 0 aromatic heterocycles. The number of hydrogen-bond donors (Lipinski definition) is 3. The van der Waals surface area contributed by atoms with E-state index in [4.69, 9.17) is 15.3 Å². The Morgan fingerprint density at radius 2 is 1.90 bits per heavy atom. The second-order valence-corrected chi connectivity index (χ2v) is 2.23. The molecule has 0 radical (unpaired) electrons. The molecule has 1 rings (SSSR count). The third kappa shape index (κ3) is 1.27. The van der Waals surface area contributed by atoms with Gasteiger partial charge in [-0.1, -0.05) is 0 Å². The Morgan fingerprint density at radius 3 is 2.40 bits per heavy atom. The van der Waals surface area contributed by atoms with Crippen molar-refractivity contribution in [2.24, 2.45) is 0 Å². The molecule has 0 amide bonds. The van der Waals surface area contributed by atoms with E-state index >= 15 is 0 Å². The van der Waals surface area contributed by atoms with Crippen LogP contribution in [-0.4, -0.2) is 46.6 Å². The summed E-state index contributed by atoms with van der Waals surface area (Å²) in [5.41, 5.74) is 0. The van der Waals surface area contributed by atoms with Crippen molar-refractivity contribution < 1.29 is 24.4 Å². The second-order valence-electron chi connectivity index (χ2n) is 2.23. The summed E-state index contributed by atoms with van der Waals surface area (Å²) in [7, 11) is 0. The van der Waals surface area contributed by atoms with Gasteiger partial charge in [0.25, 0.3) is 0 Å². The van der Waals surface area contributed by atoms with Gasteiger partial charge in [-0.25, -0.2) is 4.39 Å². The predicted octanol–water partition coefficient (Wildman–Crippen LogP) is -1.61. The van der Waals surface area contributed by atoms with Crippen LogP contribution in [0.2, 0.25) is 0 Å². The van der Waals surface area contributed by atoms with Crippen molar-refractivity contribution in [1.82, 2.24) is 0 Å². The highest BCUT2D eigenvalue weighted by Crippen LogP contribution is 2.16. The van der Waals surface area contributed by atoms with Crippen molar-refractivity contribution in [3.05, 3.63) is 0 Å². The van der Waals surface area contributed by atoms with Crippen LogP contribution < -0.4 is 0 Å². The van der Waals surface area contributed by atoms with E-state index in [1.807, 2.05) is 0 Å². The van der Waals surface area contributed by atoms with Crippen molar-refractivity contribution in [1.29, 1.82) is 0 Å². The molecule has 3 N–H and O–H groups in total. The molecule has 1 heterocycles. The molecule has 0 spiro atoms. The number of aliphatic hydroxyl groups is 3. The second kappa shape index (κ2) is 2.79. The van der Waals surface area contributed by atoms with Crippen LogP contribution in [0.3, 0.4) is 0 Å². The topological polar surface area (TPSA) is 69.9 Å². The first-order valence-corrected chi connectivity index (χ1v) is 2.93. The van der Waals surface area contributed by atoms with Gasteiger partial charge < -0.3 is 20.1 Å². The van der Waals surface area contributed by atoms with Gasteiger partial charge in [-0.2, -0.15) is 0 Å². The fourth-order valence-electron chi connectivity index (χ4n) is 0.773. The van der Waals surface area contributed by atoms with Crippen LogP contribution in [0.15, 0.2) is 0 Å². The van der Waals surface area contributed by atoms with Gasteiger partial charge in [0, 0.05) is 0 Å². The Balaban J connectivity index is 2.52. The van der Waals surface area contributed by atoms with Crippen LogP contribution in [-0.2, 0) is 4.74 Å². The largest absolute Gasteiger partial charge is 0.388 e. The molecule has 0 bridgehead atoms. The summed E-state index contributed by atoms with van der Waals surface area (Å²) < 4.78 is 16.9. The van der Waals surface area contributed by atoms with Gasteiger partial charge in [0.1, 0.15) is 12.2 Å². The van der Waals surface area contributed by atoms with E-state index in [2.05, 4.69) is 4.74 Å². The molecule has 60 valence electrons. The Labute approximate surface area is 56.9 Å². The number of ether oxygens (including phenoxy) is 1. The molecular formula is C5H9FO4. The Hall–Kier alpha value is -0.230. The molecule has 0 saturated carbocycles. The highest BCUT2D eigenvalue weighted by atomic mass is 19.1. The minimum absolute atomic E-state index is 0.278. The van der Waals surface area contributed by atoms with Crippen LogP contribution >= 0.6 is 0 Å². The molecule has 0 aromatic carbocycles. The van der Waals surface area contributed by atoms with Gasteiger partial charge in [-0.3, -0.25) is 0 Å². The average molecular weight is 152 g/mol. The number of rotatable bonds is 0. The summed E-state index contributed by atoms with van der Waals surface area (Å²) in [6, 6.07) is 0. The number of aliphatic hydroxyl groups excluding tert-OH is 3. The zero-order chi connectivity index (χ0) is 7.72. The molecule has 4 unspecified atom stereocenters. The fourth-order valence-corrected chi connectivity index (χ4v) is 0.773. The fraction of sp³-hybridized carbons (Fsp3) is 1.00. The molecular weight excluding hydrogens is 143 g/mol. The van der Waals surface area contributed by atoms with E-state index in [1.165, 1.54) is 0 Å². The molecule has 1 aliphatic rings. The monoisotopic (exact) mass is 152 g/mol. The number of halogens is 1. The van der Waals surface area contributed by atoms with Crippen molar-refractivity contribution in [2.45, 2.75) is 24.7 Å². The normalized spacial score (nSPS) is 49.2. The van der Waals surface area contributed by atoms with Crippen LogP contribution in [0.1, 0.15) is 0 Å². The summed E-state index contributed by atoms with van der Waals surface area (Å²) in [5.74, 6) is 0. The first-order chi connectivity index (χ1) is 4.63. The summed E-state index contributed by atoms with van der Waals surface area (Å²) in [6.45, 7) is -0.278. The Kier molecular flexibility index (Phi) is 2.20. The lowest BCUT2D eigenvalue weighted by atomic mass is 10.1. The maximum atomic E-state index is 12.5. The third-order valence-corrected chi connectivity index (χ3v) is 1.42. The number of alkyl halides is 1. The lowest BCUT2D eigenvalue weighted by Crippen LogP contribution is -2.50. The first-order valence-electron chi connectivity index (χ1n) is 2.93. The molecule has 4 nitrogen and oxygen atoms in total. The van der Waals surface area contributed by atoms with Crippen molar-refractivity contribution in [3.8, 4) is 0 Å². The molecule has 10 heavy (non-hydrogen) atoms. The van der Waals surface area contributed by atoms with Gasteiger partial charge in [-0.15, -0.1) is 0 Å². The Morgan fingerprint density at radius 1 is 1.30 bits per heavy atom. The standard InChI is InChI=1S/C5H9FO4/c6-3-2(7)1-10-5(9)4(3)8/h2-5,7-9H,1H2. The summed E-state index contributed by atoms with van der Waals surface area (Å²) in [4.78, 5) is 0. The summed E-state index contributed by atoms with van der Waals surface area (Å²) >= 11 is 0. The molecule has 0 aromatic rings. The predicted molar refractivity (Wildman–Crippen MR) is 28.9 cm³/mol. The number of hydrogen-bond acceptors (Lipinski definition) is 4. The maximum absolute atomic E-state index is 12.5. The van der Waals surface area contributed by atoms with Crippen LogP contribution in [0.25, 0.3) is 0 Å². The van der Waals surface area contributed by atoms with E-state index in [0.717, 1.165) is 0 Å². The van der Waals surface area contributed by atoms with Crippen LogP contribution in [0.4, 0.5) is 4.39 Å². The van der Waals surface area contributed by atoms with E-state index in [1.54, 1.807) is 0 Å². The lowest BCUT2D eigenvalue weighted by Gasteiger charge is -2.30. The average Bonchev–Trinajstić information content (AvgIpc) is 1.93. The van der Waals surface area contributed by atoms with Gasteiger partial charge in [0.05, 0.1) is 6.61 Å². The minimum atomic E-state index is -1.82. The third-order valence-electron chi connectivity index (χ3n) is 1.42. The maximum Gasteiger partial charge on any atom is 0.183 e. The Bertz CT molecular complexity index is 106. The van der Waals surface area contributed by atoms with Gasteiger partial charge in [0.2, 0.25) is 0 Å². The molecule has 0 aliphatic carbocycles. The van der Waals surface area contributed by atoms with Gasteiger partial charge in [-0.05, 0) is 0 Å². The van der Waals surface area contributed by atoms with Crippen LogP contribution in [0, 0.1) is 0 Å². The molecule has 1 saturated heterocycles. The van der Waals surface area contributed by atoms with Crippen molar-refractivity contribution in [2.75, 3.05) is 6.61 Å². The van der Waals surface area contributed by atoms with Crippen LogP contribution in [0.5, 0.6) is 0 Å². The lowest BCUT2D eigenvalue weighted by molar-refractivity contribution is -0.238. The highest BCUT2D eigenvalue weighted by molar-refractivity contribution is 4.81. The van der Waals surface area contributed by atoms with E-state index in [-0.39, 0.29) is 6.61 Å². The summed E-state index contributed by atoms with van der Waals surface area (Å²) in [5, 5.41) is 26.0. The molecule has 1 fully saturated rings. The first kappa shape index (κ1) is 7.87. The zero-order valence-corrected chi connectivity index (χ0v) is 5.14. The molecule has 4 atom stereocenters. The SMILES string of the molecule is OC1COC(O)C(O)C1F. The van der Waals surface area contributed by atoms with Crippen molar-refractivity contribution in [3.63, 3.8) is 0 Å². The van der Waals surface area contributed by atoms with E-state index < -0.39 is 24.7 Å². The zero-order valence-electron chi connectivity index (χ0n) is 5.14.